The van der Waals surface area contributed by atoms with Crippen molar-refractivity contribution < 1.29 is 0 Å². The molecule has 0 heterocycles. The molecule has 0 atom stereocenters. The lowest BCUT2D eigenvalue weighted by atomic mass is 9.87. The Kier molecular flexibility index (Phi) is 5.29. The summed E-state index contributed by atoms with van der Waals surface area (Å²) in [5, 5.41) is 30.4. The van der Waals surface area contributed by atoms with Crippen LogP contribution in [-0.2, 0) is 0 Å². The van der Waals surface area contributed by atoms with Crippen molar-refractivity contribution in [3.8, 4) is 34.4 Å². The summed E-state index contributed by atoms with van der Waals surface area (Å²) >= 11 is 0. The highest BCUT2D eigenvalue weighted by molar-refractivity contribution is 6.26. The van der Waals surface area contributed by atoms with E-state index in [4.69, 9.17) is 0 Å². The van der Waals surface area contributed by atoms with Gasteiger partial charge in [-0.25, -0.2) is 0 Å². The van der Waals surface area contributed by atoms with Crippen LogP contribution in [0.2, 0.25) is 0 Å². The van der Waals surface area contributed by atoms with Gasteiger partial charge in [-0.05, 0) is 125 Å². The van der Waals surface area contributed by atoms with E-state index in [2.05, 4.69) is 109 Å². The monoisotopic (exact) mass is 530 g/mol. The van der Waals surface area contributed by atoms with Gasteiger partial charge in [-0.15, -0.1) is 0 Å². The van der Waals surface area contributed by atoms with E-state index in [1.807, 2.05) is 36.4 Å². The zero-order valence-corrected chi connectivity index (χ0v) is 22.6. The Morgan fingerprint density at radius 3 is 1.21 bits per heavy atom. The predicted molar refractivity (Wildman–Crippen MR) is 174 cm³/mol. The van der Waals surface area contributed by atoms with E-state index < -0.39 is 0 Å². The number of nitriles is 2. The first kappa shape index (κ1) is 23.9. The molecular formula is C40H22N2. The maximum Gasteiger partial charge on any atom is 0.0991 e. The summed E-state index contributed by atoms with van der Waals surface area (Å²) in [5.41, 5.74) is 6.02. The van der Waals surface area contributed by atoms with Crippen molar-refractivity contribution in [2.24, 2.45) is 0 Å². The molecule has 0 aliphatic carbocycles. The van der Waals surface area contributed by atoms with Crippen molar-refractivity contribution in [2.75, 3.05) is 0 Å². The van der Waals surface area contributed by atoms with E-state index in [0.717, 1.165) is 32.7 Å². The van der Waals surface area contributed by atoms with Crippen LogP contribution in [0.15, 0.2) is 133 Å². The van der Waals surface area contributed by atoms with Crippen LogP contribution < -0.4 is 0 Å². The number of rotatable bonds is 2. The van der Waals surface area contributed by atoms with Crippen molar-refractivity contribution in [1.82, 2.24) is 0 Å². The molecule has 0 fully saturated rings. The second-order valence-corrected chi connectivity index (χ2v) is 10.8. The summed E-state index contributed by atoms with van der Waals surface area (Å²) < 4.78 is 0. The number of fused-ring (bicyclic) bond motifs is 7. The number of hydrogen-bond donors (Lipinski definition) is 0. The number of nitrogens with zero attached hydrogens (tertiary/aromatic N) is 2. The lowest BCUT2D eigenvalue weighted by Crippen LogP contribution is -1.89. The number of hydrogen-bond acceptors (Lipinski definition) is 2. The second kappa shape index (κ2) is 9.31. The molecule has 0 amide bonds. The Balaban J connectivity index is 1.42. The van der Waals surface area contributed by atoms with Gasteiger partial charge in [0.15, 0.2) is 0 Å². The molecule has 2 heteroatoms. The minimum absolute atomic E-state index is 0.671. The lowest BCUT2D eigenvalue weighted by Gasteiger charge is -2.16. The van der Waals surface area contributed by atoms with Gasteiger partial charge in [0.05, 0.1) is 23.3 Å². The minimum atomic E-state index is 0.671. The fourth-order valence-corrected chi connectivity index (χ4v) is 6.42. The van der Waals surface area contributed by atoms with E-state index in [-0.39, 0.29) is 0 Å². The molecular weight excluding hydrogens is 508 g/mol. The number of benzene rings is 8. The van der Waals surface area contributed by atoms with Gasteiger partial charge in [-0.2, -0.15) is 10.5 Å². The third-order valence-electron chi connectivity index (χ3n) is 8.42. The molecule has 0 aromatic heterocycles. The summed E-state index contributed by atoms with van der Waals surface area (Å²) in [4.78, 5) is 0. The van der Waals surface area contributed by atoms with Crippen LogP contribution in [0.3, 0.4) is 0 Å². The van der Waals surface area contributed by atoms with Gasteiger partial charge in [-0.1, -0.05) is 84.9 Å². The van der Waals surface area contributed by atoms with Crippen molar-refractivity contribution >= 4 is 53.9 Å². The summed E-state index contributed by atoms with van der Waals surface area (Å²) in [6, 6.07) is 51.3. The highest BCUT2D eigenvalue weighted by Crippen LogP contribution is 2.42. The molecule has 0 saturated heterocycles. The average molecular weight is 531 g/mol. The zero-order valence-electron chi connectivity index (χ0n) is 22.6. The molecule has 42 heavy (non-hydrogen) atoms. The SMILES string of the molecule is N#Cc1ccc2cc(-c3cc4cc(-c5ccc6cc(C#N)ccc6c5)c5ccccc5c4c4ccccc34)ccc2c1. The maximum atomic E-state index is 9.34. The molecule has 0 radical (unpaired) electrons. The topological polar surface area (TPSA) is 47.6 Å². The molecule has 0 N–H and O–H groups in total. The highest BCUT2D eigenvalue weighted by atomic mass is 14.2. The molecule has 2 nitrogen and oxygen atoms in total. The zero-order chi connectivity index (χ0) is 28.2. The fourth-order valence-electron chi connectivity index (χ4n) is 6.42. The van der Waals surface area contributed by atoms with E-state index in [0.29, 0.717) is 11.1 Å². The van der Waals surface area contributed by atoms with E-state index in [1.54, 1.807) is 0 Å². The van der Waals surface area contributed by atoms with Crippen LogP contribution in [0.4, 0.5) is 0 Å². The highest BCUT2D eigenvalue weighted by Gasteiger charge is 2.15. The van der Waals surface area contributed by atoms with E-state index in [1.165, 1.54) is 43.4 Å². The molecule has 0 spiro atoms. The Morgan fingerprint density at radius 2 is 0.762 bits per heavy atom. The molecule has 8 aromatic carbocycles. The Hall–Kier alpha value is -5.96. The summed E-state index contributed by atoms with van der Waals surface area (Å²) in [6.07, 6.45) is 0. The lowest BCUT2D eigenvalue weighted by molar-refractivity contribution is 1.50. The third-order valence-corrected chi connectivity index (χ3v) is 8.42. The maximum absolute atomic E-state index is 9.34. The van der Waals surface area contributed by atoms with Crippen molar-refractivity contribution in [3.05, 3.63) is 145 Å². The summed E-state index contributed by atoms with van der Waals surface area (Å²) in [7, 11) is 0. The van der Waals surface area contributed by atoms with Crippen molar-refractivity contribution in [3.63, 3.8) is 0 Å². The van der Waals surface area contributed by atoms with Crippen LogP contribution in [-0.4, -0.2) is 0 Å². The largest absolute Gasteiger partial charge is 0.192 e. The molecule has 0 saturated carbocycles. The minimum Gasteiger partial charge on any atom is -0.192 e. The van der Waals surface area contributed by atoms with E-state index in [9.17, 15) is 10.5 Å². The molecule has 0 bridgehead atoms. The Bertz CT molecular complexity index is 2320. The van der Waals surface area contributed by atoms with Crippen molar-refractivity contribution in [2.45, 2.75) is 0 Å². The van der Waals surface area contributed by atoms with Gasteiger partial charge in [-0.3, -0.25) is 0 Å². The normalized spacial score (nSPS) is 11.3. The molecule has 8 aromatic rings. The van der Waals surface area contributed by atoms with Crippen LogP contribution >= 0.6 is 0 Å². The molecule has 0 aliphatic heterocycles. The van der Waals surface area contributed by atoms with Crippen LogP contribution in [0, 0.1) is 22.7 Å². The third kappa shape index (κ3) is 3.71. The van der Waals surface area contributed by atoms with Gasteiger partial charge >= 0.3 is 0 Å². The quantitative estimate of drug-likeness (QED) is 0.209. The van der Waals surface area contributed by atoms with Gasteiger partial charge < -0.3 is 0 Å². The molecule has 0 aliphatic rings. The van der Waals surface area contributed by atoms with Gasteiger partial charge in [0.25, 0.3) is 0 Å². The molecule has 192 valence electrons. The Morgan fingerprint density at radius 1 is 0.357 bits per heavy atom. The Labute approximate surface area is 242 Å². The first-order valence-electron chi connectivity index (χ1n) is 14.0. The summed E-state index contributed by atoms with van der Waals surface area (Å²) in [5.74, 6) is 0. The van der Waals surface area contributed by atoms with E-state index >= 15 is 0 Å². The standard InChI is InChI=1S/C40H22N2/c41-23-25-9-11-29-19-31(15-13-27(29)17-25)38-21-33-22-39(32-16-14-28-18-26(24-42)10-12-30(28)20-32)35-6-2-4-8-37(35)40(33)36-7-3-1-5-34(36)38/h1-22H. The summed E-state index contributed by atoms with van der Waals surface area (Å²) in [6.45, 7) is 0. The first-order valence-corrected chi connectivity index (χ1v) is 14.0. The molecule has 8 rings (SSSR count). The van der Waals surface area contributed by atoms with Crippen LogP contribution in [0.1, 0.15) is 11.1 Å². The van der Waals surface area contributed by atoms with Gasteiger partial charge in [0.1, 0.15) is 0 Å². The van der Waals surface area contributed by atoms with Crippen molar-refractivity contribution in [1.29, 1.82) is 10.5 Å². The average Bonchev–Trinajstić information content (AvgIpc) is 3.06. The first-order chi connectivity index (χ1) is 20.7. The second-order valence-electron chi connectivity index (χ2n) is 10.8. The van der Waals surface area contributed by atoms with Gasteiger partial charge in [0, 0.05) is 0 Å². The predicted octanol–water partition coefficient (Wildman–Crippen LogP) is 10.5. The fraction of sp³-hybridized carbons (Fsp3) is 0. The van der Waals surface area contributed by atoms with Crippen LogP contribution in [0.5, 0.6) is 0 Å². The van der Waals surface area contributed by atoms with Gasteiger partial charge in [0.2, 0.25) is 0 Å². The molecule has 0 unspecified atom stereocenters. The van der Waals surface area contributed by atoms with Crippen LogP contribution in [0.25, 0.3) is 76.1 Å². The smallest absolute Gasteiger partial charge is 0.0991 e.